The zero-order valence-corrected chi connectivity index (χ0v) is 13.5. The Morgan fingerprint density at radius 2 is 1.96 bits per heavy atom. The van der Waals surface area contributed by atoms with Crippen molar-refractivity contribution in [3.05, 3.63) is 53.1 Å². The fraction of sp³-hybridized carbons (Fsp3) is 0.176. The van der Waals surface area contributed by atoms with Crippen molar-refractivity contribution in [2.45, 2.75) is 13.0 Å². The molecule has 2 aromatic rings. The molecule has 0 saturated carbocycles. The number of amides is 1. The van der Waals surface area contributed by atoms with Crippen LogP contribution < -0.4 is 14.8 Å². The van der Waals surface area contributed by atoms with Gasteiger partial charge < -0.3 is 19.5 Å². The summed E-state index contributed by atoms with van der Waals surface area (Å²) < 4.78 is 15.6. The monoisotopic (exact) mass is 347 g/mol. The Bertz CT molecular complexity index is 792. The lowest BCUT2D eigenvalue weighted by molar-refractivity contribution is -0.123. The van der Waals surface area contributed by atoms with Crippen LogP contribution in [0, 0.1) is 0 Å². The number of halogens is 1. The summed E-state index contributed by atoms with van der Waals surface area (Å²) >= 11 is 5.86. The van der Waals surface area contributed by atoms with Gasteiger partial charge in [-0.15, -0.1) is 0 Å². The van der Waals surface area contributed by atoms with Crippen molar-refractivity contribution in [1.82, 2.24) is 0 Å². The lowest BCUT2D eigenvalue weighted by Gasteiger charge is -2.14. The summed E-state index contributed by atoms with van der Waals surface area (Å²) in [6.45, 7) is 1.61. The summed E-state index contributed by atoms with van der Waals surface area (Å²) in [6.07, 6.45) is -0.970. The van der Waals surface area contributed by atoms with E-state index in [0.29, 0.717) is 22.2 Å². The van der Waals surface area contributed by atoms with Gasteiger partial charge in [0.15, 0.2) is 17.6 Å². The van der Waals surface area contributed by atoms with Crippen LogP contribution in [0.4, 0.5) is 5.69 Å². The molecule has 2 aromatic carbocycles. The molecule has 0 fully saturated rings. The predicted molar refractivity (Wildman–Crippen MR) is 87.5 cm³/mol. The van der Waals surface area contributed by atoms with Gasteiger partial charge in [0.2, 0.25) is 6.79 Å². The van der Waals surface area contributed by atoms with Crippen LogP contribution >= 0.6 is 11.6 Å². The van der Waals surface area contributed by atoms with E-state index in [2.05, 4.69) is 5.32 Å². The number of carbonyl (C=O) groups excluding carboxylic acids is 2. The van der Waals surface area contributed by atoms with Crippen LogP contribution in [0.15, 0.2) is 42.5 Å². The number of esters is 1. The van der Waals surface area contributed by atoms with Gasteiger partial charge in [0.25, 0.3) is 5.91 Å². The van der Waals surface area contributed by atoms with Gasteiger partial charge in [0.1, 0.15) is 0 Å². The summed E-state index contributed by atoms with van der Waals surface area (Å²) in [4.78, 5) is 24.2. The molecule has 0 bridgehead atoms. The number of anilines is 1. The van der Waals surface area contributed by atoms with Gasteiger partial charge in [-0.05, 0) is 43.3 Å². The normalized spacial score (nSPS) is 13.2. The maximum Gasteiger partial charge on any atom is 0.339 e. The summed E-state index contributed by atoms with van der Waals surface area (Å²) in [7, 11) is 0. The second-order valence-corrected chi connectivity index (χ2v) is 5.55. The minimum Gasteiger partial charge on any atom is -0.454 e. The molecule has 0 aliphatic carbocycles. The largest absolute Gasteiger partial charge is 0.454 e. The summed E-state index contributed by atoms with van der Waals surface area (Å²) in [5, 5.41) is 3.13. The van der Waals surface area contributed by atoms with Crippen LogP contribution in [0.25, 0.3) is 0 Å². The van der Waals surface area contributed by atoms with E-state index >= 15 is 0 Å². The first-order chi connectivity index (χ1) is 11.5. The number of rotatable bonds is 4. The lowest BCUT2D eigenvalue weighted by Crippen LogP contribution is -2.30. The average molecular weight is 348 g/mol. The maximum absolute atomic E-state index is 12.1. The van der Waals surface area contributed by atoms with Crippen molar-refractivity contribution in [2.75, 3.05) is 12.1 Å². The number of hydrogen-bond donors (Lipinski definition) is 1. The molecule has 0 radical (unpaired) electrons. The molecule has 0 unspecified atom stereocenters. The van der Waals surface area contributed by atoms with Crippen LogP contribution in [0.1, 0.15) is 17.3 Å². The second kappa shape index (κ2) is 6.80. The Balaban J connectivity index is 1.62. The summed E-state index contributed by atoms with van der Waals surface area (Å²) in [5.41, 5.74) is 0.806. The highest BCUT2D eigenvalue weighted by Gasteiger charge is 2.21. The van der Waals surface area contributed by atoms with Gasteiger partial charge in [0, 0.05) is 10.7 Å². The van der Waals surface area contributed by atoms with Crippen LogP contribution in [0.5, 0.6) is 11.5 Å². The molecule has 1 amide bonds. The molecule has 1 atom stereocenters. The number of carbonyl (C=O) groups is 2. The van der Waals surface area contributed by atoms with Crippen LogP contribution in [-0.2, 0) is 9.53 Å². The van der Waals surface area contributed by atoms with Gasteiger partial charge in [-0.3, -0.25) is 4.79 Å². The van der Waals surface area contributed by atoms with E-state index in [1.807, 2.05) is 0 Å². The van der Waals surface area contributed by atoms with Crippen LogP contribution in [0.2, 0.25) is 5.02 Å². The summed E-state index contributed by atoms with van der Waals surface area (Å²) in [6, 6.07) is 11.4. The molecule has 1 aliphatic rings. The minimum atomic E-state index is -0.970. The first kappa shape index (κ1) is 16.1. The summed E-state index contributed by atoms with van der Waals surface area (Å²) in [5.74, 6) is -0.0350. The Kier molecular flexibility index (Phi) is 4.57. The van der Waals surface area contributed by atoms with Crippen molar-refractivity contribution in [1.29, 1.82) is 0 Å². The third kappa shape index (κ3) is 3.60. The highest BCUT2D eigenvalue weighted by molar-refractivity contribution is 6.30. The molecule has 24 heavy (non-hydrogen) atoms. The SMILES string of the molecule is C[C@@H](OC(=O)c1ccc2c(c1)OCO2)C(=O)Nc1cccc(Cl)c1. The van der Waals surface area contributed by atoms with Crippen molar-refractivity contribution in [2.24, 2.45) is 0 Å². The van der Waals surface area contributed by atoms with E-state index in [-0.39, 0.29) is 12.4 Å². The lowest BCUT2D eigenvalue weighted by atomic mass is 10.2. The first-order valence-electron chi connectivity index (χ1n) is 7.20. The Morgan fingerprint density at radius 3 is 2.75 bits per heavy atom. The van der Waals surface area contributed by atoms with E-state index < -0.39 is 18.0 Å². The fourth-order valence-corrected chi connectivity index (χ4v) is 2.31. The Hall–Kier alpha value is -2.73. The van der Waals surface area contributed by atoms with Crippen LogP contribution in [-0.4, -0.2) is 24.8 Å². The fourth-order valence-electron chi connectivity index (χ4n) is 2.12. The van der Waals surface area contributed by atoms with Crippen molar-refractivity contribution >= 4 is 29.2 Å². The van der Waals surface area contributed by atoms with Gasteiger partial charge >= 0.3 is 5.97 Å². The molecule has 1 aliphatic heterocycles. The first-order valence-corrected chi connectivity index (χ1v) is 7.58. The predicted octanol–water partition coefficient (Wildman–Crippen LogP) is 3.25. The molecular formula is C17H14ClNO5. The molecule has 0 saturated heterocycles. The van der Waals surface area contributed by atoms with Gasteiger partial charge in [0.05, 0.1) is 5.56 Å². The van der Waals surface area contributed by atoms with E-state index in [4.69, 9.17) is 25.8 Å². The van der Waals surface area contributed by atoms with Crippen molar-refractivity contribution in [3.63, 3.8) is 0 Å². The molecule has 1 heterocycles. The van der Waals surface area contributed by atoms with Gasteiger partial charge in [-0.1, -0.05) is 17.7 Å². The Labute approximate surface area is 143 Å². The minimum absolute atomic E-state index is 0.117. The zero-order chi connectivity index (χ0) is 17.1. The van der Waals surface area contributed by atoms with E-state index in [1.54, 1.807) is 36.4 Å². The van der Waals surface area contributed by atoms with Gasteiger partial charge in [-0.25, -0.2) is 4.79 Å². The molecule has 0 aromatic heterocycles. The smallest absolute Gasteiger partial charge is 0.339 e. The molecule has 6 nitrogen and oxygen atoms in total. The molecule has 1 N–H and O–H groups in total. The van der Waals surface area contributed by atoms with Crippen LogP contribution in [0.3, 0.4) is 0 Å². The topological polar surface area (TPSA) is 73.9 Å². The third-order valence-electron chi connectivity index (χ3n) is 3.35. The molecular weight excluding hydrogens is 334 g/mol. The molecule has 7 heteroatoms. The number of nitrogens with one attached hydrogen (secondary N) is 1. The molecule has 0 spiro atoms. The molecule has 3 rings (SSSR count). The standard InChI is InChI=1S/C17H14ClNO5/c1-10(16(20)19-13-4-2-3-12(18)8-13)24-17(21)11-5-6-14-15(7-11)23-9-22-14/h2-8,10H,9H2,1H3,(H,19,20)/t10-/m1/s1. The van der Waals surface area contributed by atoms with E-state index in [1.165, 1.54) is 13.0 Å². The quantitative estimate of drug-likeness (QED) is 0.859. The highest BCUT2D eigenvalue weighted by Crippen LogP contribution is 2.32. The van der Waals surface area contributed by atoms with Gasteiger partial charge in [-0.2, -0.15) is 0 Å². The van der Waals surface area contributed by atoms with E-state index in [0.717, 1.165) is 0 Å². The third-order valence-corrected chi connectivity index (χ3v) is 3.59. The zero-order valence-electron chi connectivity index (χ0n) is 12.7. The average Bonchev–Trinajstić information content (AvgIpc) is 3.02. The van der Waals surface area contributed by atoms with Crippen molar-refractivity contribution in [3.8, 4) is 11.5 Å². The highest BCUT2D eigenvalue weighted by atomic mass is 35.5. The number of benzene rings is 2. The molecule has 124 valence electrons. The second-order valence-electron chi connectivity index (χ2n) is 5.12. The maximum atomic E-state index is 12.1. The van der Waals surface area contributed by atoms with E-state index in [9.17, 15) is 9.59 Å². The van der Waals surface area contributed by atoms with Crippen molar-refractivity contribution < 1.29 is 23.8 Å². The number of hydrogen-bond acceptors (Lipinski definition) is 5. The number of ether oxygens (including phenoxy) is 3. The number of fused-ring (bicyclic) bond motifs is 1. The Morgan fingerprint density at radius 1 is 1.17 bits per heavy atom.